The highest BCUT2D eigenvalue weighted by Crippen LogP contribution is 2.40. The Morgan fingerprint density at radius 3 is 1.54 bits per heavy atom. The molecule has 3 nitrogen and oxygen atoms in total. The SMILES string of the molecule is c1cncc(-c2ccc(-c3nc(-c4ccc(-c5ccc6ccccc6c5)cc4)cc(-c4ccc(-c5ccc6ccc7cccc8ccc5c6c78)cc4)n3)cc2)c1. The zero-order valence-corrected chi connectivity index (χ0v) is 30.4. The summed E-state index contributed by atoms with van der Waals surface area (Å²) in [7, 11) is 0. The van der Waals surface area contributed by atoms with Crippen LogP contribution in [-0.2, 0) is 0 Å². The van der Waals surface area contributed by atoms with Crippen LogP contribution in [0.25, 0.3) is 110 Å². The van der Waals surface area contributed by atoms with Gasteiger partial charge in [-0.3, -0.25) is 4.98 Å². The van der Waals surface area contributed by atoms with Gasteiger partial charge in [0.2, 0.25) is 0 Å². The Labute approximate surface area is 324 Å². The van der Waals surface area contributed by atoms with Crippen molar-refractivity contribution < 1.29 is 0 Å². The number of benzene rings is 9. The molecule has 11 rings (SSSR count). The summed E-state index contributed by atoms with van der Waals surface area (Å²) in [6.07, 6.45) is 3.68. The maximum absolute atomic E-state index is 5.18. The lowest BCUT2D eigenvalue weighted by Crippen LogP contribution is -1.96. The second-order valence-corrected chi connectivity index (χ2v) is 14.5. The van der Waals surface area contributed by atoms with E-state index in [1.807, 2.05) is 12.3 Å². The quantitative estimate of drug-likeness (QED) is 0.161. The molecule has 0 unspecified atom stereocenters. The standard InChI is InChI=1S/C53H33N3/c1-2-6-44-31-45(25-14-34(44)5-1)35-10-17-38(18-11-35)49-32-50(56-53(55-49)43-23-12-36(13-24-43)46-9-4-30-54-33-46)39-19-15-37(16-20-39)47-28-26-42-22-21-40-7-3-8-41-27-29-48(47)52(42)51(40)41/h1-33H. The van der Waals surface area contributed by atoms with Crippen molar-refractivity contribution in [3.8, 4) is 67.3 Å². The molecule has 9 aromatic carbocycles. The summed E-state index contributed by atoms with van der Waals surface area (Å²) in [5, 5.41) is 10.2. The minimum Gasteiger partial charge on any atom is -0.264 e. The average Bonchev–Trinajstić information content (AvgIpc) is 3.28. The monoisotopic (exact) mass is 711 g/mol. The molecule has 0 aliphatic carbocycles. The highest BCUT2D eigenvalue weighted by Gasteiger charge is 2.15. The number of nitrogens with zero attached hydrogens (tertiary/aromatic N) is 3. The lowest BCUT2D eigenvalue weighted by atomic mass is 9.89. The molecule has 0 amide bonds. The van der Waals surface area contributed by atoms with E-state index in [0.717, 1.165) is 39.2 Å². The molecular formula is C53H33N3. The molecule has 3 heteroatoms. The van der Waals surface area contributed by atoms with E-state index in [1.165, 1.54) is 65.3 Å². The highest BCUT2D eigenvalue weighted by molar-refractivity contribution is 6.25. The van der Waals surface area contributed by atoms with E-state index in [4.69, 9.17) is 9.97 Å². The Morgan fingerprint density at radius 2 is 0.839 bits per heavy atom. The first kappa shape index (κ1) is 32.0. The Hall–Kier alpha value is -7.49. The smallest absolute Gasteiger partial charge is 0.160 e. The molecule has 11 aromatic rings. The van der Waals surface area contributed by atoms with Gasteiger partial charge in [-0.15, -0.1) is 0 Å². The van der Waals surface area contributed by atoms with Crippen molar-refractivity contribution in [3.63, 3.8) is 0 Å². The summed E-state index contributed by atoms with van der Waals surface area (Å²) in [6.45, 7) is 0. The van der Waals surface area contributed by atoms with Gasteiger partial charge in [0.1, 0.15) is 0 Å². The van der Waals surface area contributed by atoms with E-state index in [9.17, 15) is 0 Å². The first-order valence-corrected chi connectivity index (χ1v) is 19.0. The topological polar surface area (TPSA) is 38.7 Å². The van der Waals surface area contributed by atoms with Gasteiger partial charge in [-0.05, 0) is 94.7 Å². The van der Waals surface area contributed by atoms with Crippen molar-refractivity contribution in [2.75, 3.05) is 0 Å². The van der Waals surface area contributed by atoms with E-state index in [2.05, 4.69) is 187 Å². The summed E-state index contributed by atoms with van der Waals surface area (Å²) in [5.74, 6) is 0.685. The fourth-order valence-corrected chi connectivity index (χ4v) is 8.23. The number of aromatic nitrogens is 3. The zero-order valence-electron chi connectivity index (χ0n) is 30.4. The van der Waals surface area contributed by atoms with Crippen LogP contribution in [0.15, 0.2) is 200 Å². The van der Waals surface area contributed by atoms with Crippen LogP contribution in [-0.4, -0.2) is 15.0 Å². The van der Waals surface area contributed by atoms with Crippen LogP contribution in [0, 0.1) is 0 Å². The van der Waals surface area contributed by atoms with E-state index < -0.39 is 0 Å². The van der Waals surface area contributed by atoms with E-state index in [1.54, 1.807) is 6.20 Å². The van der Waals surface area contributed by atoms with E-state index in [-0.39, 0.29) is 0 Å². The largest absolute Gasteiger partial charge is 0.264 e. The average molecular weight is 712 g/mol. The lowest BCUT2D eigenvalue weighted by Gasteiger charge is -2.14. The molecular weight excluding hydrogens is 679 g/mol. The third-order valence-electron chi connectivity index (χ3n) is 11.1. The molecule has 2 heterocycles. The maximum Gasteiger partial charge on any atom is 0.160 e. The van der Waals surface area contributed by atoms with Crippen molar-refractivity contribution in [1.29, 1.82) is 0 Å². The van der Waals surface area contributed by atoms with Crippen LogP contribution in [0.4, 0.5) is 0 Å². The van der Waals surface area contributed by atoms with E-state index in [0.29, 0.717) is 5.82 Å². The summed E-state index contributed by atoms with van der Waals surface area (Å²) in [4.78, 5) is 14.6. The number of fused-ring (bicyclic) bond motifs is 1. The van der Waals surface area contributed by atoms with Crippen LogP contribution in [0.2, 0.25) is 0 Å². The molecule has 0 atom stereocenters. The third-order valence-corrected chi connectivity index (χ3v) is 11.1. The molecule has 0 fully saturated rings. The third kappa shape index (κ3) is 5.57. The Balaban J connectivity index is 0.989. The van der Waals surface area contributed by atoms with Crippen LogP contribution in [0.3, 0.4) is 0 Å². The lowest BCUT2D eigenvalue weighted by molar-refractivity contribution is 1.18. The number of pyridine rings is 1. The van der Waals surface area contributed by atoms with Gasteiger partial charge in [0.15, 0.2) is 5.82 Å². The molecule has 2 aromatic heterocycles. The van der Waals surface area contributed by atoms with Gasteiger partial charge in [-0.25, -0.2) is 9.97 Å². The molecule has 0 N–H and O–H groups in total. The fraction of sp³-hybridized carbons (Fsp3) is 0. The van der Waals surface area contributed by atoms with Gasteiger partial charge in [0.05, 0.1) is 11.4 Å². The number of hydrogen-bond acceptors (Lipinski definition) is 3. The molecule has 0 radical (unpaired) electrons. The predicted octanol–water partition coefficient (Wildman–Crippen LogP) is 13.9. The van der Waals surface area contributed by atoms with Crippen molar-refractivity contribution in [3.05, 3.63) is 200 Å². The van der Waals surface area contributed by atoms with Crippen LogP contribution >= 0.6 is 0 Å². The van der Waals surface area contributed by atoms with Crippen molar-refractivity contribution in [2.45, 2.75) is 0 Å². The second-order valence-electron chi connectivity index (χ2n) is 14.5. The summed E-state index contributed by atoms with van der Waals surface area (Å²) < 4.78 is 0. The second kappa shape index (κ2) is 13.1. The molecule has 260 valence electrons. The maximum atomic E-state index is 5.18. The van der Waals surface area contributed by atoms with Gasteiger partial charge >= 0.3 is 0 Å². The van der Waals surface area contributed by atoms with Crippen LogP contribution < -0.4 is 0 Å². The molecule has 56 heavy (non-hydrogen) atoms. The molecule has 0 bridgehead atoms. The minimum atomic E-state index is 0.685. The normalized spacial score (nSPS) is 11.6. The van der Waals surface area contributed by atoms with Crippen LogP contribution in [0.5, 0.6) is 0 Å². The predicted molar refractivity (Wildman–Crippen MR) is 234 cm³/mol. The van der Waals surface area contributed by atoms with E-state index >= 15 is 0 Å². The Bertz CT molecular complexity index is 3190. The van der Waals surface area contributed by atoms with Crippen molar-refractivity contribution >= 4 is 43.1 Å². The molecule has 0 aliphatic heterocycles. The van der Waals surface area contributed by atoms with Gasteiger partial charge < -0.3 is 0 Å². The first-order valence-electron chi connectivity index (χ1n) is 19.0. The van der Waals surface area contributed by atoms with Gasteiger partial charge in [0, 0.05) is 29.1 Å². The molecule has 0 saturated heterocycles. The highest BCUT2D eigenvalue weighted by atomic mass is 14.9. The summed E-state index contributed by atoms with van der Waals surface area (Å²) >= 11 is 0. The Morgan fingerprint density at radius 1 is 0.304 bits per heavy atom. The van der Waals surface area contributed by atoms with Crippen molar-refractivity contribution in [2.24, 2.45) is 0 Å². The number of rotatable bonds is 6. The minimum absolute atomic E-state index is 0.685. The Kier molecular flexibility index (Phi) is 7.49. The van der Waals surface area contributed by atoms with Gasteiger partial charge in [0.25, 0.3) is 0 Å². The van der Waals surface area contributed by atoms with Crippen molar-refractivity contribution in [1.82, 2.24) is 15.0 Å². The van der Waals surface area contributed by atoms with Crippen LogP contribution in [0.1, 0.15) is 0 Å². The zero-order chi connectivity index (χ0) is 37.0. The molecule has 0 aliphatic rings. The summed E-state index contributed by atoms with van der Waals surface area (Å²) in [5.41, 5.74) is 11.7. The fourth-order valence-electron chi connectivity index (χ4n) is 8.23. The first-order chi connectivity index (χ1) is 27.7. The summed E-state index contributed by atoms with van der Waals surface area (Å²) in [6, 6.07) is 67.4. The molecule has 0 spiro atoms. The molecule has 0 saturated carbocycles. The number of hydrogen-bond donors (Lipinski definition) is 0. The van der Waals surface area contributed by atoms with Gasteiger partial charge in [-0.1, -0.05) is 170 Å². The van der Waals surface area contributed by atoms with Gasteiger partial charge in [-0.2, -0.15) is 0 Å².